The Morgan fingerprint density at radius 3 is 2.62 bits per heavy atom. The van der Waals surface area contributed by atoms with Gasteiger partial charge in [0.25, 0.3) is 0 Å². The molecular formula is C18H23NO2. The van der Waals surface area contributed by atoms with Crippen LogP contribution in [0.4, 0.5) is 0 Å². The monoisotopic (exact) mass is 285 g/mol. The summed E-state index contributed by atoms with van der Waals surface area (Å²) < 4.78 is 11.4. The van der Waals surface area contributed by atoms with Crippen LogP contribution in [0.2, 0.25) is 0 Å². The SMILES string of the molecule is CC(C)c1ccc(OCc2ccoc2CNC2CC2)cc1. The molecule has 1 aliphatic rings. The van der Waals surface area contributed by atoms with Crippen LogP contribution in [0.5, 0.6) is 5.75 Å². The number of benzene rings is 1. The largest absolute Gasteiger partial charge is 0.489 e. The first-order valence-corrected chi connectivity index (χ1v) is 7.74. The molecule has 1 saturated carbocycles. The number of rotatable bonds is 7. The first-order valence-electron chi connectivity index (χ1n) is 7.74. The molecule has 0 spiro atoms. The van der Waals surface area contributed by atoms with E-state index in [1.807, 2.05) is 18.2 Å². The van der Waals surface area contributed by atoms with E-state index in [-0.39, 0.29) is 0 Å². The fourth-order valence-electron chi connectivity index (χ4n) is 2.29. The van der Waals surface area contributed by atoms with E-state index in [1.54, 1.807) is 6.26 Å². The molecule has 1 aromatic heterocycles. The summed E-state index contributed by atoms with van der Waals surface area (Å²) in [5, 5.41) is 3.47. The fraction of sp³-hybridized carbons (Fsp3) is 0.444. The zero-order valence-electron chi connectivity index (χ0n) is 12.8. The van der Waals surface area contributed by atoms with E-state index in [0.717, 1.165) is 23.6 Å². The van der Waals surface area contributed by atoms with Crippen molar-refractivity contribution in [2.75, 3.05) is 0 Å². The fourth-order valence-corrected chi connectivity index (χ4v) is 2.29. The van der Waals surface area contributed by atoms with Gasteiger partial charge < -0.3 is 14.5 Å². The molecule has 3 rings (SSSR count). The van der Waals surface area contributed by atoms with Crippen LogP contribution in [0.3, 0.4) is 0 Å². The molecular weight excluding hydrogens is 262 g/mol. The summed E-state index contributed by atoms with van der Waals surface area (Å²) >= 11 is 0. The van der Waals surface area contributed by atoms with Gasteiger partial charge >= 0.3 is 0 Å². The maximum absolute atomic E-state index is 5.86. The number of nitrogens with one attached hydrogen (secondary N) is 1. The van der Waals surface area contributed by atoms with Crippen molar-refractivity contribution in [2.24, 2.45) is 0 Å². The highest BCUT2D eigenvalue weighted by molar-refractivity contribution is 5.29. The van der Waals surface area contributed by atoms with Crippen molar-refractivity contribution in [2.45, 2.75) is 51.8 Å². The molecule has 0 amide bonds. The maximum atomic E-state index is 5.86. The summed E-state index contributed by atoms with van der Waals surface area (Å²) in [6.45, 7) is 5.74. The van der Waals surface area contributed by atoms with Crippen molar-refractivity contribution in [3.63, 3.8) is 0 Å². The molecule has 21 heavy (non-hydrogen) atoms. The van der Waals surface area contributed by atoms with E-state index in [0.29, 0.717) is 18.6 Å². The Kier molecular flexibility index (Phi) is 4.30. The molecule has 0 atom stereocenters. The van der Waals surface area contributed by atoms with E-state index in [4.69, 9.17) is 9.15 Å². The lowest BCUT2D eigenvalue weighted by Gasteiger charge is -2.09. The van der Waals surface area contributed by atoms with E-state index < -0.39 is 0 Å². The van der Waals surface area contributed by atoms with Gasteiger partial charge in [0, 0.05) is 11.6 Å². The minimum atomic E-state index is 0.549. The van der Waals surface area contributed by atoms with Gasteiger partial charge in [-0.05, 0) is 42.5 Å². The minimum absolute atomic E-state index is 0.549. The molecule has 3 nitrogen and oxygen atoms in total. The first-order chi connectivity index (χ1) is 10.2. The predicted molar refractivity (Wildman–Crippen MR) is 83.4 cm³/mol. The van der Waals surface area contributed by atoms with E-state index in [9.17, 15) is 0 Å². The van der Waals surface area contributed by atoms with Gasteiger partial charge in [-0.15, -0.1) is 0 Å². The van der Waals surface area contributed by atoms with Gasteiger partial charge in [0.15, 0.2) is 0 Å². The average Bonchev–Trinajstić information content (AvgIpc) is 3.21. The van der Waals surface area contributed by atoms with Crippen LogP contribution in [0.1, 0.15) is 49.5 Å². The Labute approximate surface area is 126 Å². The maximum Gasteiger partial charge on any atom is 0.124 e. The van der Waals surface area contributed by atoms with Gasteiger partial charge in [-0.3, -0.25) is 0 Å². The normalized spacial score (nSPS) is 14.6. The number of hydrogen-bond acceptors (Lipinski definition) is 3. The summed E-state index contributed by atoms with van der Waals surface area (Å²) in [4.78, 5) is 0. The highest BCUT2D eigenvalue weighted by atomic mass is 16.5. The molecule has 0 radical (unpaired) electrons. The minimum Gasteiger partial charge on any atom is -0.489 e. The van der Waals surface area contributed by atoms with Gasteiger partial charge in [-0.1, -0.05) is 26.0 Å². The van der Waals surface area contributed by atoms with Crippen LogP contribution in [-0.2, 0) is 13.2 Å². The van der Waals surface area contributed by atoms with Gasteiger partial charge in [-0.2, -0.15) is 0 Å². The highest BCUT2D eigenvalue weighted by Crippen LogP contribution is 2.22. The van der Waals surface area contributed by atoms with E-state index in [2.05, 4.69) is 31.3 Å². The van der Waals surface area contributed by atoms with Crippen molar-refractivity contribution < 1.29 is 9.15 Å². The van der Waals surface area contributed by atoms with Crippen LogP contribution in [0, 0.1) is 0 Å². The number of ether oxygens (including phenoxy) is 1. The average molecular weight is 285 g/mol. The third kappa shape index (κ3) is 3.88. The Morgan fingerprint density at radius 2 is 1.95 bits per heavy atom. The second kappa shape index (κ2) is 6.35. The van der Waals surface area contributed by atoms with Crippen molar-refractivity contribution in [3.8, 4) is 5.75 Å². The van der Waals surface area contributed by atoms with E-state index in [1.165, 1.54) is 18.4 Å². The summed E-state index contributed by atoms with van der Waals surface area (Å²) in [5.41, 5.74) is 2.45. The van der Waals surface area contributed by atoms with Crippen LogP contribution in [0.25, 0.3) is 0 Å². The predicted octanol–water partition coefficient (Wildman–Crippen LogP) is 4.23. The molecule has 1 aliphatic carbocycles. The lowest BCUT2D eigenvalue weighted by molar-refractivity contribution is 0.301. The van der Waals surface area contributed by atoms with Crippen molar-refractivity contribution in [1.82, 2.24) is 5.32 Å². The topological polar surface area (TPSA) is 34.4 Å². The smallest absolute Gasteiger partial charge is 0.124 e. The second-order valence-corrected chi connectivity index (χ2v) is 6.04. The van der Waals surface area contributed by atoms with Gasteiger partial charge in [0.05, 0.1) is 12.8 Å². The number of hydrogen-bond donors (Lipinski definition) is 1. The van der Waals surface area contributed by atoms with Gasteiger partial charge in [0.1, 0.15) is 18.1 Å². The molecule has 1 N–H and O–H groups in total. The Bertz CT molecular complexity index is 567. The lowest BCUT2D eigenvalue weighted by Crippen LogP contribution is -2.16. The standard InChI is InChI=1S/C18H23NO2/c1-13(2)14-3-7-17(8-4-14)21-12-15-9-10-20-18(15)11-19-16-5-6-16/h3-4,7-10,13,16,19H,5-6,11-12H2,1-2H3. The third-order valence-corrected chi connectivity index (χ3v) is 3.91. The van der Waals surface area contributed by atoms with Crippen LogP contribution in [0.15, 0.2) is 41.0 Å². The summed E-state index contributed by atoms with van der Waals surface area (Å²) in [6.07, 6.45) is 4.31. The van der Waals surface area contributed by atoms with Gasteiger partial charge in [0.2, 0.25) is 0 Å². The van der Waals surface area contributed by atoms with E-state index >= 15 is 0 Å². The molecule has 2 aromatic rings. The zero-order valence-corrected chi connectivity index (χ0v) is 12.8. The van der Waals surface area contributed by atoms with Crippen LogP contribution < -0.4 is 10.1 Å². The Hall–Kier alpha value is -1.74. The van der Waals surface area contributed by atoms with Crippen LogP contribution >= 0.6 is 0 Å². The zero-order chi connectivity index (χ0) is 14.7. The molecule has 0 saturated heterocycles. The third-order valence-electron chi connectivity index (χ3n) is 3.91. The van der Waals surface area contributed by atoms with Gasteiger partial charge in [-0.25, -0.2) is 0 Å². The molecule has 0 aliphatic heterocycles. The highest BCUT2D eigenvalue weighted by Gasteiger charge is 2.21. The van der Waals surface area contributed by atoms with Crippen molar-refractivity contribution >= 4 is 0 Å². The summed E-state index contributed by atoms with van der Waals surface area (Å²) in [5.74, 6) is 2.44. The second-order valence-electron chi connectivity index (χ2n) is 6.04. The lowest BCUT2D eigenvalue weighted by atomic mass is 10.0. The van der Waals surface area contributed by atoms with Crippen molar-refractivity contribution in [1.29, 1.82) is 0 Å². The number of furan rings is 1. The molecule has 0 unspecified atom stereocenters. The van der Waals surface area contributed by atoms with Crippen LogP contribution in [-0.4, -0.2) is 6.04 Å². The first kappa shape index (κ1) is 14.2. The Morgan fingerprint density at radius 1 is 1.19 bits per heavy atom. The molecule has 1 fully saturated rings. The molecule has 1 aromatic carbocycles. The quantitative estimate of drug-likeness (QED) is 0.826. The summed E-state index contributed by atoms with van der Waals surface area (Å²) in [6, 6.07) is 11.0. The molecule has 112 valence electrons. The Balaban J connectivity index is 1.55. The summed E-state index contributed by atoms with van der Waals surface area (Å²) in [7, 11) is 0. The molecule has 0 bridgehead atoms. The van der Waals surface area contributed by atoms with Crippen molar-refractivity contribution in [3.05, 3.63) is 53.5 Å². The molecule has 3 heteroatoms. The molecule has 1 heterocycles.